The molecule has 0 amide bonds. The number of hydrogen-bond acceptors (Lipinski definition) is 3. The smallest absolute Gasteiger partial charge is 0.317 e. The minimum atomic E-state index is -0.711. The van der Waals surface area contributed by atoms with Gasteiger partial charge >= 0.3 is 5.97 Å². The van der Waals surface area contributed by atoms with Crippen molar-refractivity contribution in [3.63, 3.8) is 0 Å². The van der Waals surface area contributed by atoms with Gasteiger partial charge in [0.1, 0.15) is 5.25 Å². The van der Waals surface area contributed by atoms with Gasteiger partial charge in [0.2, 0.25) is 0 Å². The monoisotopic (exact) mass is 166 g/mol. The molecular weight excluding hydrogens is 156 g/mol. The first-order valence-electron chi connectivity index (χ1n) is 2.47. The molecule has 0 fully saturated rings. The van der Waals surface area contributed by atoms with Crippen LogP contribution in [0.2, 0.25) is 0 Å². The highest BCUT2D eigenvalue weighted by molar-refractivity contribution is 8.03. The number of carboxylic acid groups (broad SMARTS) is 1. The molecule has 0 aliphatic carbocycles. The summed E-state index contributed by atoms with van der Waals surface area (Å²) in [5, 5.41) is 8.23. The van der Waals surface area contributed by atoms with Crippen molar-refractivity contribution < 1.29 is 9.90 Å². The minimum absolute atomic E-state index is 0.236. The van der Waals surface area contributed by atoms with Crippen LogP contribution in [-0.2, 0) is 4.79 Å². The molecule has 0 bridgehead atoms. The van der Waals surface area contributed by atoms with Gasteiger partial charge in [-0.15, -0.1) is 11.8 Å². The summed E-state index contributed by atoms with van der Waals surface area (Å²) in [6.45, 7) is 0. The number of carboxylic acids is 1. The summed E-state index contributed by atoms with van der Waals surface area (Å²) in [6, 6.07) is 0. The van der Waals surface area contributed by atoms with E-state index in [0.29, 0.717) is 5.75 Å². The third-order valence-electron chi connectivity index (χ3n) is 0.878. The van der Waals surface area contributed by atoms with Crippen LogP contribution in [0.3, 0.4) is 0 Å². The molecule has 0 rings (SSSR count). The fourth-order valence-corrected chi connectivity index (χ4v) is 1.99. The van der Waals surface area contributed by atoms with Gasteiger partial charge in [0.05, 0.1) is 0 Å². The van der Waals surface area contributed by atoms with Crippen LogP contribution in [0.5, 0.6) is 0 Å². The van der Waals surface area contributed by atoms with Gasteiger partial charge in [-0.05, 0) is 12.5 Å². The Kier molecular flexibility index (Phi) is 5.09. The average molecular weight is 166 g/mol. The van der Waals surface area contributed by atoms with Crippen LogP contribution in [0.1, 0.15) is 0 Å². The van der Waals surface area contributed by atoms with Crippen LogP contribution in [0.25, 0.3) is 0 Å². The van der Waals surface area contributed by atoms with Crippen molar-refractivity contribution in [2.24, 2.45) is 0 Å². The molecule has 0 radical (unpaired) electrons. The van der Waals surface area contributed by atoms with Gasteiger partial charge < -0.3 is 5.11 Å². The van der Waals surface area contributed by atoms with Crippen molar-refractivity contribution in [1.29, 1.82) is 0 Å². The number of thioether (sulfide) groups is 2. The second kappa shape index (κ2) is 4.99. The van der Waals surface area contributed by atoms with Crippen molar-refractivity contribution >= 4 is 29.5 Å². The van der Waals surface area contributed by atoms with E-state index in [1.165, 1.54) is 11.8 Å². The highest BCUT2D eigenvalue weighted by atomic mass is 32.2. The molecule has 2 nitrogen and oxygen atoms in total. The molecule has 0 heterocycles. The van der Waals surface area contributed by atoms with E-state index in [1.54, 1.807) is 11.8 Å². The van der Waals surface area contributed by atoms with Gasteiger partial charge in [-0.2, -0.15) is 11.8 Å². The SMILES string of the molecule is CSCC(SC)C(=O)O. The molecule has 0 aliphatic heterocycles. The van der Waals surface area contributed by atoms with Crippen LogP contribution < -0.4 is 0 Å². The number of rotatable bonds is 4. The first-order valence-corrected chi connectivity index (χ1v) is 5.15. The Hall–Kier alpha value is 0.170. The summed E-state index contributed by atoms with van der Waals surface area (Å²) in [5.41, 5.74) is 0. The number of carbonyl (C=O) groups is 1. The van der Waals surface area contributed by atoms with Gasteiger partial charge in [-0.25, -0.2) is 0 Å². The third-order valence-corrected chi connectivity index (χ3v) is 2.69. The highest BCUT2D eigenvalue weighted by Crippen LogP contribution is 2.11. The standard InChI is InChI=1S/C5H10O2S2/c1-8-3-4(9-2)5(6)7/h4H,3H2,1-2H3,(H,6,7). The first kappa shape index (κ1) is 9.17. The highest BCUT2D eigenvalue weighted by Gasteiger charge is 2.13. The van der Waals surface area contributed by atoms with Crippen LogP contribution in [0.15, 0.2) is 0 Å². The lowest BCUT2D eigenvalue weighted by atomic mass is 10.5. The fraction of sp³-hybridized carbons (Fsp3) is 0.800. The predicted octanol–water partition coefficient (Wildman–Crippen LogP) is 1.17. The largest absolute Gasteiger partial charge is 0.480 e. The average Bonchev–Trinajstić information content (AvgIpc) is 1.82. The predicted molar refractivity (Wildman–Crippen MR) is 43.3 cm³/mol. The molecule has 0 saturated carbocycles. The van der Waals surface area contributed by atoms with Crippen molar-refractivity contribution in [2.75, 3.05) is 18.3 Å². The lowest BCUT2D eigenvalue weighted by Crippen LogP contribution is -2.18. The van der Waals surface area contributed by atoms with Crippen LogP contribution in [0.4, 0.5) is 0 Å². The number of hydrogen-bond donors (Lipinski definition) is 1. The van der Waals surface area contributed by atoms with Gasteiger partial charge in [-0.1, -0.05) is 0 Å². The van der Waals surface area contributed by atoms with Crippen LogP contribution in [-0.4, -0.2) is 34.6 Å². The molecule has 1 N–H and O–H groups in total. The van der Waals surface area contributed by atoms with Gasteiger partial charge in [0, 0.05) is 5.75 Å². The minimum Gasteiger partial charge on any atom is -0.480 e. The summed E-state index contributed by atoms with van der Waals surface area (Å²) < 4.78 is 0. The summed E-state index contributed by atoms with van der Waals surface area (Å²) in [5.74, 6) is -0.0203. The van der Waals surface area contributed by atoms with E-state index in [1.807, 2.05) is 12.5 Å². The maximum absolute atomic E-state index is 10.3. The van der Waals surface area contributed by atoms with Crippen molar-refractivity contribution in [3.05, 3.63) is 0 Å². The maximum Gasteiger partial charge on any atom is 0.317 e. The topological polar surface area (TPSA) is 37.3 Å². The van der Waals surface area contributed by atoms with Crippen LogP contribution >= 0.6 is 23.5 Å². The molecule has 0 aromatic rings. The van der Waals surface area contributed by atoms with Gasteiger partial charge in [-0.3, -0.25) is 4.79 Å². The third kappa shape index (κ3) is 3.70. The summed E-state index contributed by atoms with van der Waals surface area (Å²) in [6.07, 6.45) is 3.72. The molecule has 0 aromatic carbocycles. The Balaban J connectivity index is 3.54. The lowest BCUT2D eigenvalue weighted by molar-refractivity contribution is -0.135. The van der Waals surface area contributed by atoms with E-state index >= 15 is 0 Å². The zero-order valence-electron chi connectivity index (χ0n) is 5.46. The molecule has 0 aliphatic rings. The van der Waals surface area contributed by atoms with E-state index in [4.69, 9.17) is 5.11 Å². The zero-order chi connectivity index (χ0) is 7.28. The second-order valence-electron chi connectivity index (χ2n) is 1.52. The zero-order valence-corrected chi connectivity index (χ0v) is 7.09. The Labute approximate surface area is 63.4 Å². The Bertz CT molecular complexity index is 95.0. The first-order chi connectivity index (χ1) is 4.22. The second-order valence-corrected chi connectivity index (χ2v) is 3.47. The van der Waals surface area contributed by atoms with Crippen LogP contribution in [0, 0.1) is 0 Å². The van der Waals surface area contributed by atoms with Crippen molar-refractivity contribution in [1.82, 2.24) is 0 Å². The van der Waals surface area contributed by atoms with Crippen molar-refractivity contribution in [2.45, 2.75) is 5.25 Å². The molecule has 1 unspecified atom stereocenters. The molecule has 0 aromatic heterocycles. The van der Waals surface area contributed by atoms with E-state index in [2.05, 4.69) is 0 Å². The summed E-state index contributed by atoms with van der Waals surface area (Å²) >= 11 is 2.94. The van der Waals surface area contributed by atoms with E-state index < -0.39 is 5.97 Å². The Morgan fingerprint density at radius 2 is 2.22 bits per heavy atom. The Morgan fingerprint density at radius 1 is 1.67 bits per heavy atom. The van der Waals surface area contributed by atoms with Gasteiger partial charge in [0.15, 0.2) is 0 Å². The molecule has 9 heavy (non-hydrogen) atoms. The van der Waals surface area contributed by atoms with Gasteiger partial charge in [0.25, 0.3) is 0 Å². The lowest BCUT2D eigenvalue weighted by Gasteiger charge is -2.04. The fourth-order valence-electron chi connectivity index (χ4n) is 0.392. The van der Waals surface area contributed by atoms with Crippen molar-refractivity contribution in [3.8, 4) is 0 Å². The van der Waals surface area contributed by atoms with E-state index in [0.717, 1.165) is 0 Å². The summed E-state index contributed by atoms with van der Waals surface area (Å²) in [4.78, 5) is 10.3. The molecule has 0 spiro atoms. The molecule has 54 valence electrons. The molecular formula is C5H10O2S2. The number of aliphatic carboxylic acids is 1. The normalized spacial score (nSPS) is 13.1. The van der Waals surface area contributed by atoms with E-state index in [-0.39, 0.29) is 5.25 Å². The summed E-state index contributed by atoms with van der Waals surface area (Å²) in [7, 11) is 0. The molecule has 4 heteroatoms. The van der Waals surface area contributed by atoms with E-state index in [9.17, 15) is 4.79 Å². The molecule has 0 saturated heterocycles. The maximum atomic E-state index is 10.3. The quantitative estimate of drug-likeness (QED) is 0.680. The molecule has 1 atom stereocenters. The Morgan fingerprint density at radius 3 is 2.33 bits per heavy atom.